The smallest absolute Gasteiger partial charge is 0.244 e. The topological polar surface area (TPSA) is 49.4 Å². The highest BCUT2D eigenvalue weighted by Crippen LogP contribution is 2.39. The van der Waals surface area contributed by atoms with Crippen molar-refractivity contribution in [2.24, 2.45) is 5.41 Å². The molecule has 0 aromatic heterocycles. The SMILES string of the molecule is O=S(=O)(c1ccccc1Cl)N1CCC2(CCCNC2)CC1. The van der Waals surface area contributed by atoms with Crippen molar-refractivity contribution in [2.75, 3.05) is 26.2 Å². The van der Waals surface area contributed by atoms with Crippen molar-refractivity contribution in [1.82, 2.24) is 9.62 Å². The van der Waals surface area contributed by atoms with Gasteiger partial charge in [0.25, 0.3) is 0 Å². The maximum atomic E-state index is 12.7. The highest BCUT2D eigenvalue weighted by molar-refractivity contribution is 7.89. The van der Waals surface area contributed by atoms with Crippen LogP contribution in [0, 0.1) is 5.41 Å². The second kappa shape index (κ2) is 5.88. The first-order valence-corrected chi connectivity index (χ1v) is 9.31. The third kappa shape index (κ3) is 2.97. The summed E-state index contributed by atoms with van der Waals surface area (Å²) in [5.41, 5.74) is 0.296. The Hall–Kier alpha value is -0.620. The third-order valence-electron chi connectivity index (χ3n) is 4.80. The summed E-state index contributed by atoms with van der Waals surface area (Å²) in [5.74, 6) is 0. The second-order valence-corrected chi connectivity index (χ2v) is 8.43. The molecule has 116 valence electrons. The third-order valence-corrected chi connectivity index (χ3v) is 7.20. The van der Waals surface area contributed by atoms with E-state index in [2.05, 4.69) is 5.32 Å². The fourth-order valence-corrected chi connectivity index (χ4v) is 5.39. The van der Waals surface area contributed by atoms with E-state index in [1.54, 1.807) is 28.6 Å². The van der Waals surface area contributed by atoms with Gasteiger partial charge in [-0.15, -0.1) is 0 Å². The summed E-state index contributed by atoms with van der Waals surface area (Å²) in [7, 11) is -3.47. The number of hydrogen-bond donors (Lipinski definition) is 1. The van der Waals surface area contributed by atoms with Crippen LogP contribution in [0.1, 0.15) is 25.7 Å². The van der Waals surface area contributed by atoms with Gasteiger partial charge in [-0.1, -0.05) is 23.7 Å². The number of halogens is 1. The molecule has 1 N–H and O–H groups in total. The molecule has 0 radical (unpaired) electrons. The van der Waals surface area contributed by atoms with E-state index in [1.165, 1.54) is 12.8 Å². The van der Waals surface area contributed by atoms with Crippen LogP contribution in [0.3, 0.4) is 0 Å². The molecule has 2 heterocycles. The van der Waals surface area contributed by atoms with Gasteiger partial charge in [0, 0.05) is 19.6 Å². The van der Waals surface area contributed by atoms with Gasteiger partial charge < -0.3 is 5.32 Å². The minimum atomic E-state index is -3.47. The van der Waals surface area contributed by atoms with Gasteiger partial charge >= 0.3 is 0 Å². The lowest BCUT2D eigenvalue weighted by molar-refractivity contribution is 0.116. The van der Waals surface area contributed by atoms with Gasteiger partial charge in [-0.2, -0.15) is 4.31 Å². The van der Waals surface area contributed by atoms with Crippen molar-refractivity contribution in [3.63, 3.8) is 0 Å². The zero-order chi connectivity index (χ0) is 14.9. The Morgan fingerprint density at radius 2 is 1.86 bits per heavy atom. The quantitative estimate of drug-likeness (QED) is 0.907. The van der Waals surface area contributed by atoms with Gasteiger partial charge in [0.05, 0.1) is 5.02 Å². The minimum absolute atomic E-state index is 0.226. The molecule has 0 saturated carbocycles. The van der Waals surface area contributed by atoms with Gasteiger partial charge in [0.15, 0.2) is 0 Å². The monoisotopic (exact) mass is 328 g/mol. The number of nitrogens with zero attached hydrogens (tertiary/aromatic N) is 1. The van der Waals surface area contributed by atoms with Crippen LogP contribution in [0.5, 0.6) is 0 Å². The number of piperidine rings is 2. The van der Waals surface area contributed by atoms with Crippen molar-refractivity contribution in [2.45, 2.75) is 30.6 Å². The summed E-state index contributed by atoms with van der Waals surface area (Å²) in [5, 5.41) is 3.75. The molecule has 0 atom stereocenters. The van der Waals surface area contributed by atoms with Gasteiger partial charge in [-0.05, 0) is 49.8 Å². The number of benzene rings is 1. The Morgan fingerprint density at radius 3 is 2.48 bits per heavy atom. The lowest BCUT2D eigenvalue weighted by Gasteiger charge is -2.43. The van der Waals surface area contributed by atoms with E-state index in [0.717, 1.165) is 25.9 Å². The average molecular weight is 329 g/mol. The summed E-state index contributed by atoms with van der Waals surface area (Å²) in [6.07, 6.45) is 4.27. The van der Waals surface area contributed by atoms with Crippen LogP contribution in [-0.4, -0.2) is 38.9 Å². The molecule has 2 saturated heterocycles. The van der Waals surface area contributed by atoms with Crippen LogP contribution >= 0.6 is 11.6 Å². The highest BCUT2D eigenvalue weighted by Gasteiger charge is 2.39. The molecule has 0 bridgehead atoms. The highest BCUT2D eigenvalue weighted by atomic mass is 35.5. The predicted molar refractivity (Wildman–Crippen MR) is 84.0 cm³/mol. The van der Waals surface area contributed by atoms with Crippen molar-refractivity contribution >= 4 is 21.6 Å². The first kappa shape index (κ1) is 15.3. The Bertz CT molecular complexity index is 602. The zero-order valence-electron chi connectivity index (χ0n) is 12.0. The molecule has 2 aliphatic heterocycles. The maximum Gasteiger partial charge on any atom is 0.244 e. The fourth-order valence-electron chi connectivity index (χ4n) is 3.45. The molecule has 2 aliphatic rings. The Morgan fingerprint density at radius 1 is 1.14 bits per heavy atom. The molecular formula is C15H21ClN2O2S. The van der Waals surface area contributed by atoms with Crippen molar-refractivity contribution in [1.29, 1.82) is 0 Å². The number of hydrogen-bond acceptors (Lipinski definition) is 3. The van der Waals surface area contributed by atoms with E-state index >= 15 is 0 Å². The van der Waals surface area contributed by atoms with Crippen LogP contribution in [-0.2, 0) is 10.0 Å². The van der Waals surface area contributed by atoms with Crippen LogP contribution in [0.2, 0.25) is 5.02 Å². The Labute approximate surface area is 131 Å². The summed E-state index contributed by atoms with van der Waals surface area (Å²) >= 11 is 6.05. The van der Waals surface area contributed by atoms with Crippen LogP contribution < -0.4 is 5.32 Å². The Kier molecular flexibility index (Phi) is 4.28. The van der Waals surface area contributed by atoms with Crippen molar-refractivity contribution in [3.8, 4) is 0 Å². The van der Waals surface area contributed by atoms with Crippen molar-refractivity contribution in [3.05, 3.63) is 29.3 Å². The number of nitrogens with one attached hydrogen (secondary N) is 1. The summed E-state index contributed by atoms with van der Waals surface area (Å²) in [6.45, 7) is 3.29. The van der Waals surface area contributed by atoms with E-state index in [-0.39, 0.29) is 4.90 Å². The van der Waals surface area contributed by atoms with E-state index < -0.39 is 10.0 Å². The summed E-state index contributed by atoms with van der Waals surface area (Å²) < 4.78 is 27.0. The first-order valence-electron chi connectivity index (χ1n) is 7.49. The molecule has 2 fully saturated rings. The van der Waals surface area contributed by atoms with E-state index in [4.69, 9.17) is 11.6 Å². The second-order valence-electron chi connectivity index (χ2n) is 6.11. The minimum Gasteiger partial charge on any atom is -0.316 e. The van der Waals surface area contributed by atoms with Gasteiger partial charge in [-0.25, -0.2) is 8.42 Å². The number of sulfonamides is 1. The molecule has 1 aromatic rings. The Balaban J connectivity index is 1.76. The lowest BCUT2D eigenvalue weighted by Crippen LogP contribution is -2.49. The molecule has 0 unspecified atom stereocenters. The van der Waals surface area contributed by atoms with Crippen LogP contribution in [0.4, 0.5) is 0 Å². The number of rotatable bonds is 2. The van der Waals surface area contributed by atoms with E-state index in [9.17, 15) is 8.42 Å². The molecule has 6 heteroatoms. The fraction of sp³-hybridized carbons (Fsp3) is 0.600. The molecule has 21 heavy (non-hydrogen) atoms. The standard InChI is InChI=1S/C15H21ClN2O2S/c16-13-4-1-2-5-14(13)21(19,20)18-10-7-15(8-11-18)6-3-9-17-12-15/h1-2,4-5,17H,3,6-12H2. The van der Waals surface area contributed by atoms with Gasteiger partial charge in [0.2, 0.25) is 10.0 Å². The molecule has 3 rings (SSSR count). The zero-order valence-corrected chi connectivity index (χ0v) is 13.6. The average Bonchev–Trinajstić information content (AvgIpc) is 2.49. The molecule has 0 amide bonds. The van der Waals surface area contributed by atoms with Gasteiger partial charge in [-0.3, -0.25) is 0 Å². The van der Waals surface area contributed by atoms with E-state index in [0.29, 0.717) is 23.5 Å². The van der Waals surface area contributed by atoms with Crippen LogP contribution in [0.15, 0.2) is 29.2 Å². The first-order chi connectivity index (χ1) is 10.0. The molecular weight excluding hydrogens is 308 g/mol. The lowest BCUT2D eigenvalue weighted by atomic mass is 9.73. The molecule has 4 nitrogen and oxygen atoms in total. The summed E-state index contributed by atoms with van der Waals surface area (Å²) in [4.78, 5) is 0.226. The predicted octanol–water partition coefficient (Wildman–Crippen LogP) is 2.49. The van der Waals surface area contributed by atoms with Gasteiger partial charge in [0.1, 0.15) is 4.90 Å². The van der Waals surface area contributed by atoms with E-state index in [1.807, 2.05) is 0 Å². The van der Waals surface area contributed by atoms with Crippen LogP contribution in [0.25, 0.3) is 0 Å². The molecule has 1 aromatic carbocycles. The molecule has 1 spiro atoms. The maximum absolute atomic E-state index is 12.7. The summed E-state index contributed by atoms with van der Waals surface area (Å²) in [6, 6.07) is 6.69. The molecule has 0 aliphatic carbocycles. The van der Waals surface area contributed by atoms with Crippen molar-refractivity contribution < 1.29 is 8.42 Å². The largest absolute Gasteiger partial charge is 0.316 e. The normalized spacial score (nSPS) is 23.3.